The van der Waals surface area contributed by atoms with Crippen molar-refractivity contribution in [1.29, 1.82) is 0 Å². The lowest BCUT2D eigenvalue weighted by molar-refractivity contribution is 0.0661. The van der Waals surface area contributed by atoms with Gasteiger partial charge in [0.05, 0.1) is 6.10 Å². The van der Waals surface area contributed by atoms with Gasteiger partial charge in [0.1, 0.15) is 5.56 Å². The van der Waals surface area contributed by atoms with Crippen LogP contribution in [0.15, 0.2) is 41.3 Å². The van der Waals surface area contributed by atoms with Gasteiger partial charge >= 0.3 is 0 Å². The number of likely N-dealkylation sites (tertiary alicyclic amines) is 1. The molecule has 2 heterocycles. The van der Waals surface area contributed by atoms with Crippen LogP contribution in [-0.4, -0.2) is 39.7 Å². The lowest BCUT2D eigenvalue weighted by Gasteiger charge is -2.40. The minimum absolute atomic E-state index is 0.0719. The summed E-state index contributed by atoms with van der Waals surface area (Å²) in [5, 5.41) is 9.80. The van der Waals surface area contributed by atoms with E-state index >= 15 is 0 Å². The second kappa shape index (κ2) is 7.94. The lowest BCUT2D eigenvalue weighted by Crippen LogP contribution is -2.46. The van der Waals surface area contributed by atoms with Crippen molar-refractivity contribution in [2.75, 3.05) is 13.1 Å². The van der Waals surface area contributed by atoms with E-state index < -0.39 is 0 Å². The molecule has 5 nitrogen and oxygen atoms in total. The fourth-order valence-corrected chi connectivity index (χ4v) is 6.10. The Morgan fingerprint density at radius 3 is 2.48 bits per heavy atom. The Bertz CT molecular complexity index is 1040. The molecule has 0 atom stereocenters. The summed E-state index contributed by atoms with van der Waals surface area (Å²) >= 11 is 0. The quantitative estimate of drug-likeness (QED) is 0.805. The maximum atomic E-state index is 13.4. The van der Waals surface area contributed by atoms with Crippen LogP contribution in [0.4, 0.5) is 0 Å². The number of hydrogen-bond donors (Lipinski definition) is 1. The van der Waals surface area contributed by atoms with Crippen LogP contribution in [0.25, 0.3) is 0 Å². The monoisotopic (exact) mass is 420 g/mol. The first kappa shape index (κ1) is 20.5. The van der Waals surface area contributed by atoms with Crippen molar-refractivity contribution in [3.8, 4) is 0 Å². The number of benzene rings is 1. The van der Waals surface area contributed by atoms with E-state index in [1.54, 1.807) is 4.57 Å². The molecule has 164 valence electrons. The Morgan fingerprint density at radius 1 is 1.03 bits per heavy atom. The van der Waals surface area contributed by atoms with Gasteiger partial charge in [-0.3, -0.25) is 9.59 Å². The predicted octanol–water partition coefficient (Wildman–Crippen LogP) is 3.75. The highest BCUT2D eigenvalue weighted by atomic mass is 16.3. The molecule has 0 radical (unpaired) electrons. The molecule has 1 aromatic heterocycles. The van der Waals surface area contributed by atoms with E-state index in [4.69, 9.17) is 0 Å². The first-order valence-corrected chi connectivity index (χ1v) is 11.8. The molecule has 1 saturated carbocycles. The van der Waals surface area contributed by atoms with Gasteiger partial charge in [0.2, 0.25) is 0 Å². The number of carbonyl (C=O) groups is 1. The maximum Gasteiger partial charge on any atom is 0.263 e. The van der Waals surface area contributed by atoms with Crippen LogP contribution in [0.3, 0.4) is 0 Å². The number of aromatic nitrogens is 1. The standard InChI is InChI=1S/C26H32N2O3/c1-18-11-15-28(20-6-8-21(29)9-7-20)25(31)23(18)24(30)27-16-13-26(14-17-27)12-10-19-4-2-3-5-22(19)26/h2-5,11,15,20-21,29H,6-10,12-14,16-17H2,1H3. The van der Waals surface area contributed by atoms with E-state index in [2.05, 4.69) is 24.3 Å². The van der Waals surface area contributed by atoms with Crippen LogP contribution in [0.5, 0.6) is 0 Å². The van der Waals surface area contributed by atoms with Crippen LogP contribution in [0.1, 0.15) is 78.0 Å². The minimum Gasteiger partial charge on any atom is -0.393 e. The number of carbonyl (C=O) groups excluding carboxylic acids is 1. The fraction of sp³-hybridized carbons (Fsp3) is 0.538. The third kappa shape index (κ3) is 3.53. The number of hydrogen-bond acceptors (Lipinski definition) is 3. The number of piperidine rings is 1. The molecule has 1 spiro atoms. The van der Waals surface area contributed by atoms with Crippen LogP contribution in [-0.2, 0) is 11.8 Å². The highest BCUT2D eigenvalue weighted by Gasteiger charge is 2.42. The molecule has 0 unspecified atom stereocenters. The molecular formula is C26H32N2O3. The number of aliphatic hydroxyl groups is 1. The molecule has 1 N–H and O–H groups in total. The Hall–Kier alpha value is -2.40. The van der Waals surface area contributed by atoms with E-state index in [1.165, 1.54) is 17.5 Å². The third-order valence-corrected chi connectivity index (χ3v) is 8.07. The zero-order valence-corrected chi connectivity index (χ0v) is 18.3. The van der Waals surface area contributed by atoms with Gasteiger partial charge < -0.3 is 14.6 Å². The van der Waals surface area contributed by atoms with Crippen molar-refractivity contribution in [3.63, 3.8) is 0 Å². The average Bonchev–Trinajstić information content (AvgIpc) is 3.13. The smallest absolute Gasteiger partial charge is 0.263 e. The Morgan fingerprint density at radius 2 is 1.74 bits per heavy atom. The van der Waals surface area contributed by atoms with Gasteiger partial charge in [-0.05, 0) is 86.5 Å². The summed E-state index contributed by atoms with van der Waals surface area (Å²) in [6.07, 6.45) is 8.78. The Balaban J connectivity index is 1.36. The van der Waals surface area contributed by atoms with E-state index in [9.17, 15) is 14.7 Å². The van der Waals surface area contributed by atoms with Crippen molar-refractivity contribution in [3.05, 3.63) is 69.1 Å². The van der Waals surface area contributed by atoms with Gasteiger partial charge in [0.15, 0.2) is 0 Å². The van der Waals surface area contributed by atoms with Crippen LogP contribution < -0.4 is 5.56 Å². The normalized spacial score (nSPS) is 24.9. The molecule has 5 rings (SSSR count). The zero-order chi connectivity index (χ0) is 21.6. The number of nitrogens with zero attached hydrogens (tertiary/aromatic N) is 2. The lowest BCUT2D eigenvalue weighted by atomic mass is 9.74. The van der Waals surface area contributed by atoms with Crippen molar-refractivity contribution in [1.82, 2.24) is 9.47 Å². The molecule has 1 aliphatic heterocycles. The summed E-state index contributed by atoms with van der Waals surface area (Å²) in [4.78, 5) is 28.7. The SMILES string of the molecule is Cc1ccn(C2CCC(O)CC2)c(=O)c1C(=O)N1CCC2(CCc3ccccc32)CC1. The van der Waals surface area contributed by atoms with E-state index in [-0.39, 0.29) is 29.0 Å². The molecule has 3 aliphatic rings. The molecule has 0 bridgehead atoms. The molecular weight excluding hydrogens is 388 g/mol. The number of amides is 1. The van der Waals surface area contributed by atoms with Crippen molar-refractivity contribution in [2.24, 2.45) is 0 Å². The molecule has 2 aliphatic carbocycles. The molecule has 2 fully saturated rings. The van der Waals surface area contributed by atoms with Crippen molar-refractivity contribution >= 4 is 5.91 Å². The fourth-order valence-electron chi connectivity index (χ4n) is 6.10. The van der Waals surface area contributed by atoms with Gasteiger partial charge in [-0.1, -0.05) is 24.3 Å². The van der Waals surface area contributed by atoms with E-state index in [0.29, 0.717) is 31.5 Å². The summed E-state index contributed by atoms with van der Waals surface area (Å²) in [7, 11) is 0. The molecule has 1 saturated heterocycles. The molecule has 31 heavy (non-hydrogen) atoms. The predicted molar refractivity (Wildman–Crippen MR) is 121 cm³/mol. The van der Waals surface area contributed by atoms with Gasteiger partial charge in [-0.15, -0.1) is 0 Å². The maximum absolute atomic E-state index is 13.4. The molecule has 1 aromatic carbocycles. The van der Waals surface area contributed by atoms with Crippen LogP contribution in [0, 0.1) is 6.92 Å². The average molecular weight is 421 g/mol. The minimum atomic E-state index is -0.264. The van der Waals surface area contributed by atoms with Gasteiger partial charge in [-0.25, -0.2) is 0 Å². The molecule has 2 aromatic rings. The zero-order valence-electron chi connectivity index (χ0n) is 18.3. The molecule has 5 heteroatoms. The number of aliphatic hydroxyl groups excluding tert-OH is 1. The first-order valence-electron chi connectivity index (χ1n) is 11.8. The van der Waals surface area contributed by atoms with E-state index in [1.807, 2.05) is 24.1 Å². The summed E-state index contributed by atoms with van der Waals surface area (Å²) < 4.78 is 1.74. The highest BCUT2D eigenvalue weighted by molar-refractivity contribution is 5.95. The highest BCUT2D eigenvalue weighted by Crippen LogP contribution is 2.46. The topological polar surface area (TPSA) is 62.5 Å². The van der Waals surface area contributed by atoms with E-state index in [0.717, 1.165) is 37.7 Å². The van der Waals surface area contributed by atoms with Gasteiger partial charge in [0, 0.05) is 25.3 Å². The number of pyridine rings is 1. The largest absolute Gasteiger partial charge is 0.393 e. The Kier molecular flexibility index (Phi) is 5.25. The number of aryl methyl sites for hydroxylation is 2. The van der Waals surface area contributed by atoms with Crippen LogP contribution in [0.2, 0.25) is 0 Å². The second-order valence-electron chi connectivity index (χ2n) is 9.78. The molecule has 1 amide bonds. The summed E-state index contributed by atoms with van der Waals surface area (Å²) in [6.45, 7) is 3.27. The second-order valence-corrected chi connectivity index (χ2v) is 9.78. The van der Waals surface area contributed by atoms with Crippen molar-refractivity contribution in [2.45, 2.75) is 75.9 Å². The number of fused-ring (bicyclic) bond motifs is 2. The summed E-state index contributed by atoms with van der Waals surface area (Å²) in [5.41, 5.74) is 4.05. The third-order valence-electron chi connectivity index (χ3n) is 8.07. The number of rotatable bonds is 2. The van der Waals surface area contributed by atoms with Gasteiger partial charge in [-0.2, -0.15) is 0 Å². The summed E-state index contributed by atoms with van der Waals surface area (Å²) in [6, 6.07) is 10.7. The van der Waals surface area contributed by atoms with Crippen molar-refractivity contribution < 1.29 is 9.90 Å². The summed E-state index contributed by atoms with van der Waals surface area (Å²) in [5.74, 6) is -0.117. The van der Waals surface area contributed by atoms with Gasteiger partial charge in [0.25, 0.3) is 11.5 Å². The Labute approximate surface area is 183 Å². The first-order chi connectivity index (χ1) is 15.0. The van der Waals surface area contributed by atoms with Crippen LogP contribution >= 0.6 is 0 Å².